The van der Waals surface area contributed by atoms with E-state index in [0.717, 1.165) is 6.42 Å². The number of hydrogen-bond acceptors (Lipinski definition) is 4. The molecule has 1 radical (unpaired) electrons. The van der Waals surface area contributed by atoms with Gasteiger partial charge in [0.2, 0.25) is 0 Å². The van der Waals surface area contributed by atoms with Crippen LogP contribution in [0.1, 0.15) is 6.42 Å². The summed E-state index contributed by atoms with van der Waals surface area (Å²) in [6, 6.07) is 0.617. The molecule has 1 aliphatic heterocycles. The first-order valence-corrected chi connectivity index (χ1v) is 7.09. The van der Waals surface area contributed by atoms with Crippen LogP contribution < -0.4 is 5.73 Å². The van der Waals surface area contributed by atoms with Gasteiger partial charge >= 0.3 is 18.1 Å². The van der Waals surface area contributed by atoms with Gasteiger partial charge in [-0.05, 0) is 19.5 Å². The minimum atomic E-state index is -2.62. The first-order valence-electron chi connectivity index (χ1n) is 3.30. The molecular weight excluding hydrogens is 166 g/mol. The van der Waals surface area contributed by atoms with E-state index in [0.29, 0.717) is 12.6 Å². The van der Waals surface area contributed by atoms with Crippen LogP contribution in [-0.4, -0.2) is 29.4 Å². The van der Waals surface area contributed by atoms with Gasteiger partial charge in [0.25, 0.3) is 0 Å². The van der Waals surface area contributed by atoms with Gasteiger partial charge in [-0.25, -0.2) is 0 Å². The predicted octanol–water partition coefficient (Wildman–Crippen LogP) is -0.569. The highest BCUT2D eigenvalue weighted by Gasteiger charge is 2.49. The van der Waals surface area contributed by atoms with Crippen molar-refractivity contribution in [1.82, 2.24) is 0 Å². The zero-order chi connectivity index (χ0) is 7.61. The Morgan fingerprint density at radius 3 is 2.60 bits per heavy atom. The molecule has 0 aromatic carbocycles. The van der Waals surface area contributed by atoms with Crippen LogP contribution in [0, 0.1) is 0 Å². The Kier molecular flexibility index (Phi) is 2.61. The topological polar surface area (TPSA) is 64.7 Å². The smallest absolute Gasteiger partial charge is 0.393 e. The molecule has 0 saturated carbocycles. The van der Waals surface area contributed by atoms with Gasteiger partial charge in [0, 0.05) is 6.04 Å². The number of nitrogens with two attached hydrogens (primary N) is 1. The maximum Gasteiger partial charge on any atom is 0.480 e. The molecule has 0 bridgehead atoms. The summed E-state index contributed by atoms with van der Waals surface area (Å²) in [7, 11) is -3.67. The van der Waals surface area contributed by atoms with Crippen LogP contribution in [0.4, 0.5) is 0 Å². The van der Waals surface area contributed by atoms with E-state index in [9.17, 15) is 4.80 Å². The van der Waals surface area contributed by atoms with Crippen LogP contribution >= 0.6 is 0 Å². The Hall–Kier alpha value is 0.274. The molecule has 4 nitrogen and oxygen atoms in total. The maximum absolute atomic E-state index is 9.38. The molecule has 1 rings (SSSR count). The first kappa shape index (κ1) is 8.37. The lowest BCUT2D eigenvalue weighted by Crippen LogP contribution is -2.60. The summed E-state index contributed by atoms with van der Waals surface area (Å²) in [6.07, 6.45) is 0.790. The summed E-state index contributed by atoms with van der Waals surface area (Å²) in [4.78, 5) is 9.38. The van der Waals surface area contributed by atoms with E-state index in [1.807, 2.05) is 6.55 Å². The Labute approximate surface area is 63.2 Å². The van der Waals surface area contributed by atoms with E-state index < -0.39 is 18.1 Å². The lowest BCUT2D eigenvalue weighted by Gasteiger charge is -2.37. The lowest BCUT2D eigenvalue weighted by atomic mass is 10.5. The molecule has 0 unspecified atom stereocenters. The van der Waals surface area contributed by atoms with Gasteiger partial charge in [-0.1, -0.05) is 0 Å². The Morgan fingerprint density at radius 1 is 1.60 bits per heavy atom. The van der Waals surface area contributed by atoms with Crippen LogP contribution in [0.15, 0.2) is 0 Å². The molecule has 1 aliphatic rings. The summed E-state index contributed by atoms with van der Waals surface area (Å²) >= 11 is 0. The second-order valence-corrected chi connectivity index (χ2v) is 6.84. The van der Waals surface area contributed by atoms with Crippen molar-refractivity contribution in [3.63, 3.8) is 0 Å². The van der Waals surface area contributed by atoms with Crippen molar-refractivity contribution < 1.29 is 13.0 Å². The molecule has 6 heteroatoms. The van der Waals surface area contributed by atoms with Crippen LogP contribution in [-0.2, 0) is 8.23 Å². The lowest BCUT2D eigenvalue weighted by molar-refractivity contribution is 0.152. The zero-order valence-electron chi connectivity index (χ0n) is 5.96. The molecule has 0 aliphatic carbocycles. The second-order valence-electron chi connectivity index (χ2n) is 2.30. The molecule has 0 aromatic rings. The van der Waals surface area contributed by atoms with E-state index in [1.165, 1.54) is 0 Å². The summed E-state index contributed by atoms with van der Waals surface area (Å²) in [5.41, 5.74) is 5.26. The highest BCUT2D eigenvalue weighted by molar-refractivity contribution is 6.80. The van der Waals surface area contributed by atoms with Gasteiger partial charge in [0.05, 0.1) is 0 Å². The molecule has 0 atom stereocenters. The van der Waals surface area contributed by atoms with Crippen LogP contribution in [0.5, 0.6) is 0 Å². The maximum atomic E-state index is 9.38. The molecule has 59 valence electrons. The molecule has 0 aromatic heterocycles. The predicted molar refractivity (Wildman–Crippen MR) is 40.2 cm³/mol. The van der Waals surface area contributed by atoms with Crippen molar-refractivity contribution >= 4 is 18.1 Å². The van der Waals surface area contributed by atoms with Crippen molar-refractivity contribution in [2.75, 3.05) is 6.54 Å². The summed E-state index contributed by atoms with van der Waals surface area (Å²) in [6.45, 7) is 2.46. The number of hydrogen-bond donors (Lipinski definition) is 2. The van der Waals surface area contributed by atoms with Gasteiger partial charge in [0.1, 0.15) is 0 Å². The van der Waals surface area contributed by atoms with Gasteiger partial charge in [-0.2, -0.15) is 0 Å². The van der Waals surface area contributed by atoms with Crippen LogP contribution in [0.2, 0.25) is 12.6 Å². The number of rotatable bonds is 3. The minimum absolute atomic E-state index is 0.591. The highest BCUT2D eigenvalue weighted by Crippen LogP contribution is 2.23. The van der Waals surface area contributed by atoms with Crippen molar-refractivity contribution in [2.45, 2.75) is 19.0 Å². The fourth-order valence-corrected chi connectivity index (χ4v) is 6.01. The van der Waals surface area contributed by atoms with Gasteiger partial charge in [-0.15, -0.1) is 0 Å². The van der Waals surface area contributed by atoms with Crippen molar-refractivity contribution in [1.29, 1.82) is 0 Å². The summed E-state index contributed by atoms with van der Waals surface area (Å²) < 4.78 is 10.3. The third kappa shape index (κ3) is 1.88. The molecule has 0 amide bonds. The third-order valence-corrected chi connectivity index (χ3v) is 7.14. The summed E-state index contributed by atoms with van der Waals surface area (Å²) in [5, 5.41) is 0. The minimum Gasteiger partial charge on any atom is -0.393 e. The Morgan fingerprint density at radius 2 is 2.20 bits per heavy atom. The Balaban J connectivity index is 2.15. The van der Waals surface area contributed by atoms with E-state index in [1.54, 1.807) is 0 Å². The monoisotopic (exact) mass is 178 g/mol. The standard InChI is InChI=1S/C4H12NO3Si2/c1-9-7-10(6,8-9)4-2-3-5/h6H,2-5H2,1H3. The van der Waals surface area contributed by atoms with E-state index >= 15 is 0 Å². The molecule has 1 saturated heterocycles. The van der Waals surface area contributed by atoms with Crippen molar-refractivity contribution in [3.05, 3.63) is 0 Å². The molecule has 1 fully saturated rings. The molecular formula is C4H12NO3Si2. The normalized spacial score (nSPS) is 24.3. The van der Waals surface area contributed by atoms with Crippen LogP contribution in [0.3, 0.4) is 0 Å². The fourth-order valence-electron chi connectivity index (χ4n) is 0.884. The van der Waals surface area contributed by atoms with Crippen molar-refractivity contribution in [2.24, 2.45) is 5.73 Å². The van der Waals surface area contributed by atoms with Gasteiger partial charge in [-0.3, -0.25) is 0 Å². The molecule has 3 N–H and O–H groups in total. The SMILES string of the molecule is C[Si]1O[Si](O)(CCCN)O1. The van der Waals surface area contributed by atoms with Gasteiger partial charge in [0.15, 0.2) is 0 Å². The first-order chi connectivity index (χ1) is 4.66. The average Bonchev–Trinajstić information content (AvgIpc) is 1.81. The largest absolute Gasteiger partial charge is 0.480 e. The van der Waals surface area contributed by atoms with Crippen molar-refractivity contribution in [3.8, 4) is 0 Å². The molecule has 0 spiro atoms. The highest BCUT2D eigenvalue weighted by atomic mass is 28.5. The second kappa shape index (κ2) is 3.12. The molecule has 1 heterocycles. The average molecular weight is 178 g/mol. The summed E-state index contributed by atoms with van der Waals surface area (Å²) in [5.74, 6) is 0. The fraction of sp³-hybridized carbons (Fsp3) is 1.00. The quantitative estimate of drug-likeness (QED) is 0.568. The third-order valence-electron chi connectivity index (χ3n) is 1.30. The van der Waals surface area contributed by atoms with Crippen LogP contribution in [0.25, 0.3) is 0 Å². The zero-order valence-corrected chi connectivity index (χ0v) is 7.96. The Bertz CT molecular complexity index is 117. The molecule has 10 heavy (non-hydrogen) atoms. The van der Waals surface area contributed by atoms with E-state index in [-0.39, 0.29) is 0 Å². The van der Waals surface area contributed by atoms with Gasteiger partial charge < -0.3 is 18.8 Å². The van der Waals surface area contributed by atoms with E-state index in [2.05, 4.69) is 0 Å². The van der Waals surface area contributed by atoms with E-state index in [4.69, 9.17) is 14.0 Å².